The van der Waals surface area contributed by atoms with E-state index in [4.69, 9.17) is 4.74 Å². The van der Waals surface area contributed by atoms with E-state index in [2.05, 4.69) is 18.7 Å². The molecule has 5 nitrogen and oxygen atoms in total. The lowest BCUT2D eigenvalue weighted by molar-refractivity contribution is -0.147. The topological polar surface area (TPSA) is 49.9 Å². The summed E-state index contributed by atoms with van der Waals surface area (Å²) < 4.78 is 5.68. The fourth-order valence-electron chi connectivity index (χ4n) is 5.13. The van der Waals surface area contributed by atoms with Crippen molar-refractivity contribution in [3.8, 4) is 5.75 Å². The molecule has 0 N–H and O–H groups in total. The van der Waals surface area contributed by atoms with Crippen molar-refractivity contribution in [2.45, 2.75) is 50.7 Å². The molecule has 0 spiro atoms. The van der Waals surface area contributed by atoms with Gasteiger partial charge in [0, 0.05) is 31.1 Å². The van der Waals surface area contributed by atoms with Crippen molar-refractivity contribution in [3.63, 3.8) is 0 Å². The Labute approximate surface area is 220 Å². The molecular formula is C32H36N2O3. The molecule has 192 valence electrons. The molecule has 37 heavy (non-hydrogen) atoms. The predicted molar refractivity (Wildman–Crippen MR) is 147 cm³/mol. The summed E-state index contributed by atoms with van der Waals surface area (Å²) in [6.07, 6.45) is 5.52. The van der Waals surface area contributed by atoms with Crippen LogP contribution in [0.3, 0.4) is 0 Å². The van der Waals surface area contributed by atoms with Gasteiger partial charge in [0.1, 0.15) is 11.8 Å². The monoisotopic (exact) mass is 496 g/mol. The van der Waals surface area contributed by atoms with Gasteiger partial charge in [0.2, 0.25) is 5.91 Å². The summed E-state index contributed by atoms with van der Waals surface area (Å²) in [7, 11) is 1.60. The number of para-hydroxylation sites is 1. The zero-order valence-corrected chi connectivity index (χ0v) is 21.6. The molecule has 4 rings (SSSR count). The fourth-order valence-corrected chi connectivity index (χ4v) is 5.13. The fraction of sp³-hybridized carbons (Fsp3) is 0.312. The van der Waals surface area contributed by atoms with E-state index in [-0.39, 0.29) is 17.9 Å². The quantitative estimate of drug-likeness (QED) is 0.308. The van der Waals surface area contributed by atoms with Crippen LogP contribution in [0.25, 0.3) is 0 Å². The van der Waals surface area contributed by atoms with Crippen LogP contribution in [-0.2, 0) is 22.6 Å². The molecule has 0 aromatic heterocycles. The average molecular weight is 497 g/mol. The van der Waals surface area contributed by atoms with Crippen molar-refractivity contribution >= 4 is 11.8 Å². The highest BCUT2D eigenvalue weighted by Crippen LogP contribution is 2.35. The van der Waals surface area contributed by atoms with Gasteiger partial charge in [0.05, 0.1) is 7.11 Å². The minimum atomic E-state index is -0.791. The second kappa shape index (κ2) is 12.9. The second-order valence-corrected chi connectivity index (χ2v) is 9.47. The zero-order chi connectivity index (χ0) is 26.0. The van der Waals surface area contributed by atoms with Gasteiger partial charge in [0.15, 0.2) is 0 Å². The summed E-state index contributed by atoms with van der Waals surface area (Å²) in [6, 6.07) is 26.8. The van der Waals surface area contributed by atoms with Gasteiger partial charge in [-0.1, -0.05) is 84.9 Å². The van der Waals surface area contributed by atoms with Crippen LogP contribution in [0.2, 0.25) is 0 Å². The van der Waals surface area contributed by atoms with Crippen molar-refractivity contribution in [3.05, 3.63) is 114 Å². The number of hydrogen-bond donors (Lipinski definition) is 0. The van der Waals surface area contributed by atoms with E-state index in [0.717, 1.165) is 24.8 Å². The standard InChI is InChI=1S/C32H36N2O3/c1-3-27-19-13-23-33(27)32(36)31(28-20-10-11-21-29(28)37-2)34(24-26-16-8-5-9-17-26)30(35)22-12-18-25-14-6-4-7-15-25/h3-11,14-17,20-21,27,31H,1,12-13,18-19,22-24H2,2H3. The number of hydrogen-bond acceptors (Lipinski definition) is 3. The summed E-state index contributed by atoms with van der Waals surface area (Å²) in [5, 5.41) is 0. The Morgan fingerprint density at radius 3 is 2.32 bits per heavy atom. The van der Waals surface area contributed by atoms with E-state index >= 15 is 0 Å². The minimum Gasteiger partial charge on any atom is -0.496 e. The second-order valence-electron chi connectivity index (χ2n) is 9.47. The summed E-state index contributed by atoms with van der Waals surface area (Å²) >= 11 is 0. The van der Waals surface area contributed by atoms with Crippen molar-refractivity contribution in [1.82, 2.24) is 9.80 Å². The lowest BCUT2D eigenvalue weighted by Crippen LogP contribution is -2.46. The number of carbonyl (C=O) groups excluding carboxylic acids is 2. The van der Waals surface area contributed by atoms with Gasteiger partial charge in [-0.2, -0.15) is 0 Å². The number of likely N-dealkylation sites (tertiary alicyclic amines) is 1. The van der Waals surface area contributed by atoms with Crippen LogP contribution in [0.5, 0.6) is 5.75 Å². The van der Waals surface area contributed by atoms with Crippen LogP contribution in [0.15, 0.2) is 97.6 Å². The van der Waals surface area contributed by atoms with E-state index in [1.54, 1.807) is 12.0 Å². The SMILES string of the molecule is C=CC1CCCN1C(=O)C(c1ccccc1OC)N(Cc1ccccc1)C(=O)CCCc1ccccc1. The van der Waals surface area contributed by atoms with E-state index in [1.165, 1.54) is 5.56 Å². The average Bonchev–Trinajstić information content (AvgIpc) is 3.43. The van der Waals surface area contributed by atoms with E-state index in [1.807, 2.05) is 83.8 Å². The van der Waals surface area contributed by atoms with Gasteiger partial charge in [-0.3, -0.25) is 9.59 Å². The lowest BCUT2D eigenvalue weighted by Gasteiger charge is -2.36. The molecule has 2 amide bonds. The Balaban J connectivity index is 1.69. The molecule has 1 fully saturated rings. The number of benzene rings is 3. The first-order chi connectivity index (χ1) is 18.1. The first kappa shape index (κ1) is 26.2. The number of nitrogens with zero attached hydrogens (tertiary/aromatic N) is 2. The highest BCUT2D eigenvalue weighted by atomic mass is 16.5. The van der Waals surface area contributed by atoms with Crippen molar-refractivity contribution in [2.24, 2.45) is 0 Å². The smallest absolute Gasteiger partial charge is 0.250 e. The van der Waals surface area contributed by atoms with Gasteiger partial charge in [-0.05, 0) is 42.9 Å². The summed E-state index contributed by atoms with van der Waals surface area (Å²) in [6.45, 7) is 4.95. The van der Waals surface area contributed by atoms with E-state index in [9.17, 15) is 9.59 Å². The minimum absolute atomic E-state index is 0.0311. The van der Waals surface area contributed by atoms with E-state index in [0.29, 0.717) is 37.2 Å². The Morgan fingerprint density at radius 2 is 1.65 bits per heavy atom. The third kappa shape index (κ3) is 6.48. The molecule has 2 unspecified atom stereocenters. The van der Waals surface area contributed by atoms with Crippen LogP contribution in [0.4, 0.5) is 0 Å². The number of rotatable bonds is 11. The maximum Gasteiger partial charge on any atom is 0.250 e. The molecule has 0 saturated carbocycles. The van der Waals surface area contributed by atoms with Gasteiger partial charge in [-0.15, -0.1) is 6.58 Å². The molecule has 0 radical (unpaired) electrons. The Hall–Kier alpha value is -3.86. The van der Waals surface area contributed by atoms with Crippen molar-refractivity contribution in [1.29, 1.82) is 0 Å². The van der Waals surface area contributed by atoms with Gasteiger partial charge < -0.3 is 14.5 Å². The molecule has 0 bridgehead atoms. The van der Waals surface area contributed by atoms with Crippen LogP contribution >= 0.6 is 0 Å². The highest BCUT2D eigenvalue weighted by Gasteiger charge is 2.39. The highest BCUT2D eigenvalue weighted by molar-refractivity contribution is 5.90. The van der Waals surface area contributed by atoms with Gasteiger partial charge in [-0.25, -0.2) is 0 Å². The summed E-state index contributed by atoms with van der Waals surface area (Å²) in [5.41, 5.74) is 2.89. The van der Waals surface area contributed by atoms with Gasteiger partial charge >= 0.3 is 0 Å². The molecule has 2 atom stereocenters. The molecule has 1 saturated heterocycles. The molecular weight excluding hydrogens is 460 g/mol. The van der Waals surface area contributed by atoms with Crippen molar-refractivity contribution in [2.75, 3.05) is 13.7 Å². The Kier molecular flexibility index (Phi) is 9.14. The third-order valence-corrected chi connectivity index (χ3v) is 7.05. The molecule has 3 aromatic carbocycles. The molecule has 1 heterocycles. The summed E-state index contributed by atoms with van der Waals surface area (Å²) in [5.74, 6) is 0.475. The van der Waals surface area contributed by atoms with Crippen LogP contribution < -0.4 is 4.74 Å². The maximum absolute atomic E-state index is 14.2. The first-order valence-corrected chi connectivity index (χ1v) is 13.1. The Morgan fingerprint density at radius 1 is 1.00 bits per heavy atom. The largest absolute Gasteiger partial charge is 0.496 e. The molecule has 3 aromatic rings. The lowest BCUT2D eigenvalue weighted by atomic mass is 9.99. The molecule has 1 aliphatic heterocycles. The number of amides is 2. The normalized spacial score (nSPS) is 15.7. The number of aryl methyl sites for hydroxylation is 1. The van der Waals surface area contributed by atoms with Crippen LogP contribution in [-0.4, -0.2) is 41.3 Å². The molecule has 1 aliphatic rings. The maximum atomic E-state index is 14.2. The van der Waals surface area contributed by atoms with Crippen LogP contribution in [0.1, 0.15) is 48.4 Å². The first-order valence-electron chi connectivity index (χ1n) is 13.1. The van der Waals surface area contributed by atoms with Crippen molar-refractivity contribution < 1.29 is 14.3 Å². The molecule has 0 aliphatic carbocycles. The number of methoxy groups -OCH3 is 1. The zero-order valence-electron chi connectivity index (χ0n) is 21.6. The third-order valence-electron chi connectivity index (χ3n) is 7.05. The van der Waals surface area contributed by atoms with Crippen LogP contribution in [0, 0.1) is 0 Å². The Bertz CT molecular complexity index is 1180. The summed E-state index contributed by atoms with van der Waals surface area (Å²) in [4.78, 5) is 31.8. The molecule has 5 heteroatoms. The van der Waals surface area contributed by atoms with E-state index < -0.39 is 6.04 Å². The predicted octanol–water partition coefficient (Wildman–Crippen LogP) is 5.97. The van der Waals surface area contributed by atoms with Gasteiger partial charge in [0.25, 0.3) is 5.91 Å². The number of ether oxygens (including phenoxy) is 1. The number of carbonyl (C=O) groups is 2.